The normalized spacial score (nSPS) is 14.7. The molecule has 0 saturated carbocycles. The zero-order chi connectivity index (χ0) is 22.5. The number of carbonyl (C=O) groups is 2. The zero-order valence-corrected chi connectivity index (χ0v) is 19.1. The van der Waals surface area contributed by atoms with Crippen LogP contribution in [0.15, 0.2) is 66.7 Å². The molecule has 0 bridgehead atoms. The number of fused-ring (bicyclic) bond motifs is 1. The first-order chi connectivity index (χ1) is 15.5. The van der Waals surface area contributed by atoms with Gasteiger partial charge in [0.05, 0.1) is 7.11 Å². The van der Waals surface area contributed by atoms with Crippen LogP contribution in [0.4, 0.5) is 0 Å². The maximum absolute atomic E-state index is 12.6. The van der Waals surface area contributed by atoms with E-state index in [0.29, 0.717) is 23.2 Å². The number of benzene rings is 2. The van der Waals surface area contributed by atoms with Gasteiger partial charge >= 0.3 is 11.9 Å². The molecule has 0 saturated heterocycles. The van der Waals surface area contributed by atoms with Crippen molar-refractivity contribution in [3.8, 4) is 5.06 Å². The Morgan fingerprint density at radius 3 is 2.62 bits per heavy atom. The topological polar surface area (TPSA) is 55.8 Å². The molecule has 7 heteroatoms. The van der Waals surface area contributed by atoms with Crippen LogP contribution in [0, 0.1) is 0 Å². The minimum atomic E-state index is -0.596. The average Bonchev–Trinajstić information content (AvgIpc) is 3.21. The highest BCUT2D eigenvalue weighted by Crippen LogP contribution is 2.37. The van der Waals surface area contributed by atoms with E-state index in [1.54, 1.807) is 12.1 Å². The van der Waals surface area contributed by atoms with Gasteiger partial charge in [-0.1, -0.05) is 60.1 Å². The van der Waals surface area contributed by atoms with Crippen LogP contribution >= 0.6 is 22.9 Å². The van der Waals surface area contributed by atoms with Gasteiger partial charge in [0, 0.05) is 29.1 Å². The minimum Gasteiger partial charge on any atom is -0.468 e. The highest BCUT2D eigenvalue weighted by atomic mass is 35.5. The fourth-order valence-corrected chi connectivity index (χ4v) is 5.00. The van der Waals surface area contributed by atoms with Crippen LogP contribution < -0.4 is 4.74 Å². The molecule has 0 unspecified atom stereocenters. The molecule has 32 heavy (non-hydrogen) atoms. The van der Waals surface area contributed by atoms with Crippen molar-refractivity contribution in [2.75, 3.05) is 13.7 Å². The van der Waals surface area contributed by atoms with E-state index in [-0.39, 0.29) is 5.97 Å². The highest BCUT2D eigenvalue weighted by molar-refractivity contribution is 7.14. The van der Waals surface area contributed by atoms with Gasteiger partial charge in [0.15, 0.2) is 5.06 Å². The summed E-state index contributed by atoms with van der Waals surface area (Å²) < 4.78 is 10.6. The molecule has 0 amide bonds. The fraction of sp³-hybridized carbons (Fsp3) is 0.200. The molecule has 1 aliphatic rings. The van der Waals surface area contributed by atoms with Crippen LogP contribution in [-0.2, 0) is 27.3 Å². The smallest absolute Gasteiger partial charge is 0.336 e. The Balaban J connectivity index is 1.48. The maximum atomic E-state index is 12.6. The predicted molar refractivity (Wildman–Crippen MR) is 126 cm³/mol. The number of carbonyl (C=O) groups excluding carboxylic acids is 2. The van der Waals surface area contributed by atoms with Crippen LogP contribution in [0.25, 0.3) is 6.08 Å². The number of rotatable bonds is 6. The van der Waals surface area contributed by atoms with Gasteiger partial charge in [-0.15, -0.1) is 11.3 Å². The number of ether oxygens (including phenoxy) is 2. The van der Waals surface area contributed by atoms with Crippen LogP contribution in [0.3, 0.4) is 0 Å². The van der Waals surface area contributed by atoms with Gasteiger partial charge in [-0.2, -0.15) is 0 Å². The van der Waals surface area contributed by atoms with Crippen molar-refractivity contribution in [3.63, 3.8) is 0 Å². The molecule has 3 aromatic rings. The van der Waals surface area contributed by atoms with E-state index in [1.807, 2.05) is 59.5 Å². The van der Waals surface area contributed by atoms with E-state index in [9.17, 15) is 9.59 Å². The second-order valence-electron chi connectivity index (χ2n) is 7.35. The van der Waals surface area contributed by atoms with Gasteiger partial charge in [-0.25, -0.2) is 9.59 Å². The number of hydrogen-bond acceptors (Lipinski definition) is 6. The largest absolute Gasteiger partial charge is 0.468 e. The van der Waals surface area contributed by atoms with Gasteiger partial charge in [-0.05, 0) is 41.3 Å². The quantitative estimate of drug-likeness (QED) is 0.364. The van der Waals surface area contributed by atoms with Gasteiger partial charge < -0.3 is 9.47 Å². The number of thiophene rings is 1. The average molecular weight is 468 g/mol. The standard InChI is InChI=1S/C25H22ClNO4S/c1-30-25(29)24(19-9-5-6-10-20(19)26)27-14-13-21-18(16-27)15-23(32-21)31-22(28)12-11-17-7-3-2-4-8-17/h2-12,15,24H,13-14,16H2,1H3/t24-/m0/s1. The molecule has 0 spiro atoms. The van der Waals surface area contributed by atoms with Crippen molar-refractivity contribution in [1.82, 2.24) is 4.90 Å². The molecule has 0 radical (unpaired) electrons. The number of methoxy groups -OCH3 is 1. The first-order valence-electron chi connectivity index (χ1n) is 10.2. The lowest BCUT2D eigenvalue weighted by molar-refractivity contribution is -0.147. The molecular formula is C25H22ClNO4S. The lowest BCUT2D eigenvalue weighted by atomic mass is 10.0. The first-order valence-corrected chi connectivity index (χ1v) is 11.4. The summed E-state index contributed by atoms with van der Waals surface area (Å²) in [6, 6.07) is 18.2. The van der Waals surface area contributed by atoms with E-state index in [1.165, 1.54) is 24.5 Å². The third-order valence-corrected chi connectivity index (χ3v) is 6.73. The Bertz CT molecular complexity index is 1140. The number of halogens is 1. The Labute approximate surface area is 195 Å². The molecule has 1 atom stereocenters. The van der Waals surface area contributed by atoms with Crippen molar-refractivity contribution >= 4 is 41.0 Å². The van der Waals surface area contributed by atoms with E-state index in [0.717, 1.165) is 28.0 Å². The third-order valence-electron chi connectivity index (χ3n) is 5.28. The van der Waals surface area contributed by atoms with E-state index in [4.69, 9.17) is 21.1 Å². The van der Waals surface area contributed by atoms with Gasteiger partial charge in [0.25, 0.3) is 0 Å². The van der Waals surface area contributed by atoms with Gasteiger partial charge in [0.1, 0.15) is 6.04 Å². The predicted octanol–water partition coefficient (Wildman–Crippen LogP) is 5.29. The maximum Gasteiger partial charge on any atom is 0.336 e. The summed E-state index contributed by atoms with van der Waals surface area (Å²) in [5, 5.41) is 1.07. The molecule has 4 rings (SSSR count). The summed E-state index contributed by atoms with van der Waals surface area (Å²) in [6.07, 6.45) is 3.89. The Hall–Kier alpha value is -2.93. The Morgan fingerprint density at radius 2 is 1.88 bits per heavy atom. The summed E-state index contributed by atoms with van der Waals surface area (Å²) in [4.78, 5) is 28.0. The van der Waals surface area contributed by atoms with Crippen molar-refractivity contribution in [2.45, 2.75) is 19.0 Å². The van der Waals surface area contributed by atoms with E-state index in [2.05, 4.69) is 0 Å². The molecule has 5 nitrogen and oxygen atoms in total. The molecule has 0 aliphatic carbocycles. The zero-order valence-electron chi connectivity index (χ0n) is 17.5. The van der Waals surface area contributed by atoms with Gasteiger partial charge in [-0.3, -0.25) is 4.90 Å². The van der Waals surface area contributed by atoms with Crippen molar-refractivity contribution < 1.29 is 19.1 Å². The van der Waals surface area contributed by atoms with Crippen LogP contribution in [-0.4, -0.2) is 30.5 Å². The summed E-state index contributed by atoms with van der Waals surface area (Å²) in [7, 11) is 1.38. The lowest BCUT2D eigenvalue weighted by Crippen LogP contribution is -2.38. The van der Waals surface area contributed by atoms with Crippen molar-refractivity contribution in [1.29, 1.82) is 0 Å². The second-order valence-corrected chi connectivity index (χ2v) is 8.85. The highest BCUT2D eigenvalue weighted by Gasteiger charge is 2.33. The molecule has 2 heterocycles. The number of esters is 2. The minimum absolute atomic E-state index is 0.352. The molecule has 1 aromatic heterocycles. The lowest BCUT2D eigenvalue weighted by Gasteiger charge is -2.33. The SMILES string of the molecule is COC(=O)[C@H](c1ccccc1Cl)N1CCc2sc(OC(=O)C=Cc3ccccc3)cc2C1. The van der Waals surface area contributed by atoms with Crippen molar-refractivity contribution in [3.05, 3.63) is 93.3 Å². The first kappa shape index (κ1) is 22.3. The Morgan fingerprint density at radius 1 is 1.12 bits per heavy atom. The van der Waals surface area contributed by atoms with Gasteiger partial charge in [0.2, 0.25) is 0 Å². The molecule has 2 aromatic carbocycles. The molecule has 0 N–H and O–H groups in total. The summed E-state index contributed by atoms with van der Waals surface area (Å²) in [5.74, 6) is -0.776. The van der Waals surface area contributed by atoms with E-state index >= 15 is 0 Å². The molecule has 1 aliphatic heterocycles. The number of nitrogens with zero attached hydrogens (tertiary/aromatic N) is 1. The van der Waals surface area contributed by atoms with Crippen LogP contribution in [0.5, 0.6) is 5.06 Å². The Kier molecular flexibility index (Phi) is 7.05. The molecular weight excluding hydrogens is 446 g/mol. The van der Waals surface area contributed by atoms with E-state index < -0.39 is 12.0 Å². The second kappa shape index (κ2) is 10.1. The fourth-order valence-electron chi connectivity index (χ4n) is 3.74. The number of hydrogen-bond donors (Lipinski definition) is 0. The monoisotopic (exact) mass is 467 g/mol. The molecule has 0 fully saturated rings. The summed E-state index contributed by atoms with van der Waals surface area (Å²) >= 11 is 7.84. The van der Waals surface area contributed by atoms with Crippen LogP contribution in [0.2, 0.25) is 5.02 Å². The summed E-state index contributed by atoms with van der Waals surface area (Å²) in [6.45, 7) is 1.20. The third kappa shape index (κ3) is 5.10. The van der Waals surface area contributed by atoms with Crippen molar-refractivity contribution in [2.24, 2.45) is 0 Å². The van der Waals surface area contributed by atoms with Crippen LogP contribution in [0.1, 0.15) is 27.6 Å². The molecule has 164 valence electrons. The summed E-state index contributed by atoms with van der Waals surface area (Å²) in [5.41, 5.74) is 2.69.